The van der Waals surface area contributed by atoms with Gasteiger partial charge in [0.1, 0.15) is 7.85 Å². The Bertz CT molecular complexity index is 319. The molecule has 0 aromatic heterocycles. The molecule has 6 heteroatoms. The summed E-state index contributed by atoms with van der Waals surface area (Å²) in [5.41, 5.74) is 6.88. The Morgan fingerprint density at radius 3 is 2.58 bits per heavy atom. The highest BCUT2D eigenvalue weighted by Crippen LogP contribution is 2.22. The molecule has 0 aliphatic carbocycles. The lowest BCUT2D eigenvalue weighted by molar-refractivity contribution is -0.384. The molecule has 1 aromatic rings. The third-order valence-electron chi connectivity index (χ3n) is 1.53. The SMILES string of the molecule is Bc1cc([N+](=O)[O-])cc(Br)c1N. The van der Waals surface area contributed by atoms with Crippen molar-refractivity contribution in [3.63, 3.8) is 0 Å². The van der Waals surface area contributed by atoms with Gasteiger partial charge in [-0.3, -0.25) is 10.1 Å². The van der Waals surface area contributed by atoms with Crippen LogP contribution >= 0.6 is 15.9 Å². The molecule has 0 saturated carbocycles. The van der Waals surface area contributed by atoms with Crippen molar-refractivity contribution in [2.75, 3.05) is 5.73 Å². The Hall–Kier alpha value is -1.04. The van der Waals surface area contributed by atoms with Crippen molar-refractivity contribution >= 4 is 40.6 Å². The second-order valence-corrected chi connectivity index (χ2v) is 3.27. The van der Waals surface area contributed by atoms with Crippen LogP contribution in [0.15, 0.2) is 16.6 Å². The fourth-order valence-corrected chi connectivity index (χ4v) is 1.39. The van der Waals surface area contributed by atoms with E-state index < -0.39 is 4.92 Å². The van der Waals surface area contributed by atoms with Crippen molar-refractivity contribution < 1.29 is 4.92 Å². The summed E-state index contributed by atoms with van der Waals surface area (Å²) in [4.78, 5) is 9.91. The Balaban J connectivity index is 3.31. The van der Waals surface area contributed by atoms with Gasteiger partial charge in [0.15, 0.2) is 0 Å². The summed E-state index contributed by atoms with van der Waals surface area (Å²) in [5, 5.41) is 10.4. The van der Waals surface area contributed by atoms with E-state index in [2.05, 4.69) is 15.9 Å². The lowest BCUT2D eigenvalue weighted by Gasteiger charge is -2.01. The lowest BCUT2D eigenvalue weighted by Crippen LogP contribution is -2.11. The largest absolute Gasteiger partial charge is 0.398 e. The van der Waals surface area contributed by atoms with Crippen LogP contribution < -0.4 is 11.2 Å². The van der Waals surface area contributed by atoms with Crippen molar-refractivity contribution in [2.24, 2.45) is 0 Å². The number of halogens is 1. The van der Waals surface area contributed by atoms with Crippen molar-refractivity contribution in [3.8, 4) is 0 Å². The number of rotatable bonds is 1. The lowest BCUT2D eigenvalue weighted by atomic mass is 9.94. The zero-order chi connectivity index (χ0) is 9.30. The number of benzene rings is 1. The van der Waals surface area contributed by atoms with Crippen LogP contribution in [0.4, 0.5) is 11.4 Å². The van der Waals surface area contributed by atoms with E-state index >= 15 is 0 Å². The predicted octanol–water partition coefficient (Wildman–Crippen LogP) is 0.198. The van der Waals surface area contributed by atoms with Gasteiger partial charge in [-0.2, -0.15) is 0 Å². The molecular weight excluding hydrogens is 223 g/mol. The first-order valence-electron chi connectivity index (χ1n) is 3.22. The fraction of sp³-hybridized carbons (Fsp3) is 0. The predicted molar refractivity (Wildman–Crippen MR) is 53.4 cm³/mol. The Morgan fingerprint density at radius 1 is 1.58 bits per heavy atom. The van der Waals surface area contributed by atoms with Crippen LogP contribution in [0.3, 0.4) is 0 Å². The number of hydrogen-bond acceptors (Lipinski definition) is 3. The molecular formula is C6H6BBrN2O2. The molecule has 0 aliphatic rings. The van der Waals surface area contributed by atoms with E-state index in [0.29, 0.717) is 15.6 Å². The molecule has 0 fully saturated rings. The van der Waals surface area contributed by atoms with Gasteiger partial charge >= 0.3 is 0 Å². The van der Waals surface area contributed by atoms with Gasteiger partial charge in [-0.15, -0.1) is 0 Å². The van der Waals surface area contributed by atoms with Crippen molar-refractivity contribution in [2.45, 2.75) is 0 Å². The van der Waals surface area contributed by atoms with Gasteiger partial charge in [-0.05, 0) is 15.9 Å². The Morgan fingerprint density at radius 2 is 2.17 bits per heavy atom. The van der Waals surface area contributed by atoms with Crippen LogP contribution in [0, 0.1) is 10.1 Å². The molecule has 0 heterocycles. The maximum Gasteiger partial charge on any atom is 0.270 e. The van der Waals surface area contributed by atoms with Crippen LogP contribution in [0.1, 0.15) is 0 Å². The average Bonchev–Trinajstić information content (AvgIpc) is 1.99. The van der Waals surface area contributed by atoms with Crippen molar-refractivity contribution in [3.05, 3.63) is 26.7 Å². The number of nitrogens with two attached hydrogens (primary N) is 1. The summed E-state index contributed by atoms with van der Waals surface area (Å²) in [6, 6.07) is 2.84. The van der Waals surface area contributed by atoms with Crippen LogP contribution in [0.5, 0.6) is 0 Å². The fourth-order valence-electron chi connectivity index (χ4n) is 0.843. The van der Waals surface area contributed by atoms with Gasteiger partial charge in [0.2, 0.25) is 0 Å². The maximum absolute atomic E-state index is 10.4. The summed E-state index contributed by atoms with van der Waals surface area (Å²) < 4.78 is 0.564. The maximum atomic E-state index is 10.4. The first-order valence-corrected chi connectivity index (χ1v) is 4.01. The molecule has 0 amide bonds. The highest BCUT2D eigenvalue weighted by molar-refractivity contribution is 9.10. The molecule has 0 unspecified atom stereocenters. The second kappa shape index (κ2) is 3.14. The zero-order valence-corrected chi connectivity index (χ0v) is 7.96. The Labute approximate surface area is 78.4 Å². The first kappa shape index (κ1) is 9.06. The zero-order valence-electron chi connectivity index (χ0n) is 6.37. The monoisotopic (exact) mass is 228 g/mol. The summed E-state index contributed by atoms with van der Waals surface area (Å²) in [6.45, 7) is 0. The van der Waals surface area contributed by atoms with Gasteiger partial charge < -0.3 is 5.73 Å². The number of non-ortho nitro benzene ring substituents is 1. The van der Waals surface area contributed by atoms with E-state index in [0.717, 1.165) is 0 Å². The number of nitro groups is 1. The van der Waals surface area contributed by atoms with E-state index in [-0.39, 0.29) is 5.69 Å². The third-order valence-corrected chi connectivity index (χ3v) is 2.19. The number of nitrogens with zero attached hydrogens (tertiary/aromatic N) is 1. The summed E-state index contributed by atoms with van der Waals surface area (Å²) in [5.74, 6) is 0. The van der Waals surface area contributed by atoms with E-state index in [4.69, 9.17) is 5.73 Å². The van der Waals surface area contributed by atoms with Gasteiger partial charge in [-0.25, -0.2) is 0 Å². The van der Waals surface area contributed by atoms with Crippen LogP contribution in [-0.2, 0) is 0 Å². The number of nitrogen functional groups attached to an aromatic ring is 1. The quantitative estimate of drug-likeness (QED) is 0.323. The minimum Gasteiger partial charge on any atom is -0.398 e. The smallest absolute Gasteiger partial charge is 0.270 e. The van der Waals surface area contributed by atoms with E-state index in [1.807, 2.05) is 0 Å². The number of anilines is 1. The highest BCUT2D eigenvalue weighted by Gasteiger charge is 2.09. The molecule has 0 radical (unpaired) electrons. The first-order chi connectivity index (χ1) is 5.52. The van der Waals surface area contributed by atoms with Gasteiger partial charge in [0.25, 0.3) is 5.69 Å². The topological polar surface area (TPSA) is 69.2 Å². The molecule has 0 spiro atoms. The standard InChI is InChI=1S/C6H6BBrN2O2/c7-4-1-3(10(11)12)2-5(8)6(4)9/h1-2H,7,9H2. The van der Waals surface area contributed by atoms with E-state index in [9.17, 15) is 10.1 Å². The molecule has 0 atom stereocenters. The van der Waals surface area contributed by atoms with Gasteiger partial charge in [-0.1, -0.05) is 5.46 Å². The van der Waals surface area contributed by atoms with Gasteiger partial charge in [0, 0.05) is 22.3 Å². The molecule has 0 saturated heterocycles. The normalized spacial score (nSPS) is 9.75. The average molecular weight is 229 g/mol. The highest BCUT2D eigenvalue weighted by atomic mass is 79.9. The molecule has 2 N–H and O–H groups in total. The van der Waals surface area contributed by atoms with Crippen LogP contribution in [-0.4, -0.2) is 12.8 Å². The van der Waals surface area contributed by atoms with E-state index in [1.54, 1.807) is 7.85 Å². The second-order valence-electron chi connectivity index (χ2n) is 2.42. The molecule has 12 heavy (non-hydrogen) atoms. The van der Waals surface area contributed by atoms with Crippen molar-refractivity contribution in [1.29, 1.82) is 0 Å². The number of nitro benzene ring substituents is 1. The molecule has 1 aromatic carbocycles. The summed E-state index contributed by atoms with van der Waals surface area (Å²) in [6.07, 6.45) is 0. The molecule has 0 bridgehead atoms. The van der Waals surface area contributed by atoms with Gasteiger partial charge in [0.05, 0.1) is 4.92 Å². The Kier molecular flexibility index (Phi) is 2.37. The molecule has 0 aliphatic heterocycles. The molecule has 4 nitrogen and oxygen atoms in total. The number of hydrogen-bond donors (Lipinski definition) is 1. The molecule has 62 valence electrons. The minimum absolute atomic E-state index is 0.0496. The van der Waals surface area contributed by atoms with Crippen LogP contribution in [0.25, 0.3) is 0 Å². The van der Waals surface area contributed by atoms with E-state index in [1.165, 1.54) is 12.1 Å². The summed E-state index contributed by atoms with van der Waals surface area (Å²) in [7, 11) is 1.73. The summed E-state index contributed by atoms with van der Waals surface area (Å²) >= 11 is 3.14. The minimum atomic E-state index is -0.447. The van der Waals surface area contributed by atoms with Crippen LogP contribution in [0.2, 0.25) is 0 Å². The van der Waals surface area contributed by atoms with Crippen molar-refractivity contribution in [1.82, 2.24) is 0 Å². The molecule has 1 rings (SSSR count). The third kappa shape index (κ3) is 1.58.